The molecule has 7 heteroatoms. The molecule has 23 heavy (non-hydrogen) atoms. The lowest BCUT2D eigenvalue weighted by atomic mass is 10.00. The first-order valence-corrected chi connectivity index (χ1v) is 9.22. The van der Waals surface area contributed by atoms with E-state index in [2.05, 4.69) is 40.3 Å². The summed E-state index contributed by atoms with van der Waals surface area (Å²) in [6, 6.07) is 8.33. The Morgan fingerprint density at radius 3 is 3.04 bits per heavy atom. The smallest absolute Gasteiger partial charge is 0.233 e. The second-order valence-electron chi connectivity index (χ2n) is 5.17. The van der Waals surface area contributed by atoms with Crippen molar-refractivity contribution in [2.24, 2.45) is 0 Å². The summed E-state index contributed by atoms with van der Waals surface area (Å²) in [4.78, 5) is 14.3. The highest BCUT2D eigenvalue weighted by molar-refractivity contribution is 8.01. The van der Waals surface area contributed by atoms with Crippen molar-refractivity contribution in [3.05, 3.63) is 48.0 Å². The average Bonchev–Trinajstić information content (AvgIpc) is 3.05. The Kier molecular flexibility index (Phi) is 5.30. The van der Waals surface area contributed by atoms with Crippen molar-refractivity contribution >= 4 is 34.1 Å². The third-order valence-corrected chi connectivity index (χ3v) is 5.61. The lowest BCUT2D eigenvalue weighted by Gasteiger charge is -2.28. The molecule has 0 saturated heterocycles. The van der Waals surface area contributed by atoms with Gasteiger partial charge in [0.05, 0.1) is 5.75 Å². The lowest BCUT2D eigenvalue weighted by molar-refractivity contribution is -0.129. The molecule has 1 N–H and O–H groups in total. The molecule has 5 nitrogen and oxygen atoms in total. The van der Waals surface area contributed by atoms with Crippen LogP contribution in [0, 0.1) is 0 Å². The third-order valence-electron chi connectivity index (χ3n) is 3.61. The van der Waals surface area contributed by atoms with Gasteiger partial charge in [-0.15, -0.1) is 16.8 Å². The van der Waals surface area contributed by atoms with Crippen molar-refractivity contribution in [2.45, 2.75) is 17.3 Å². The van der Waals surface area contributed by atoms with Gasteiger partial charge in [0.15, 0.2) is 4.34 Å². The monoisotopic (exact) mass is 346 g/mol. The number of aromatic nitrogens is 2. The Hall–Kier alpha value is -1.86. The van der Waals surface area contributed by atoms with Crippen LogP contribution in [0.15, 0.2) is 41.3 Å². The van der Waals surface area contributed by atoms with E-state index < -0.39 is 0 Å². The van der Waals surface area contributed by atoms with Gasteiger partial charge in [0, 0.05) is 19.6 Å². The fraction of sp³-hybridized carbons (Fsp3) is 0.312. The second-order valence-corrected chi connectivity index (χ2v) is 7.37. The number of nitrogens with one attached hydrogen (secondary N) is 1. The Morgan fingerprint density at radius 2 is 2.22 bits per heavy atom. The van der Waals surface area contributed by atoms with Gasteiger partial charge < -0.3 is 10.2 Å². The number of carbonyl (C=O) groups excluding carboxylic acids is 1. The summed E-state index contributed by atoms with van der Waals surface area (Å²) in [6.07, 6.45) is 2.70. The molecular formula is C16H18N4OS2. The maximum absolute atomic E-state index is 12.4. The third kappa shape index (κ3) is 4.11. The van der Waals surface area contributed by atoms with E-state index in [1.54, 1.807) is 6.08 Å². The zero-order chi connectivity index (χ0) is 16.1. The second kappa shape index (κ2) is 7.61. The Balaban J connectivity index is 1.52. The molecule has 1 aliphatic rings. The van der Waals surface area contributed by atoms with E-state index in [4.69, 9.17) is 0 Å². The van der Waals surface area contributed by atoms with Gasteiger partial charge in [-0.3, -0.25) is 4.79 Å². The van der Waals surface area contributed by atoms with Crippen LogP contribution in [-0.2, 0) is 17.8 Å². The highest BCUT2D eigenvalue weighted by atomic mass is 32.2. The van der Waals surface area contributed by atoms with Crippen LogP contribution in [0.2, 0.25) is 0 Å². The van der Waals surface area contributed by atoms with Crippen molar-refractivity contribution in [1.29, 1.82) is 0 Å². The van der Waals surface area contributed by atoms with Crippen LogP contribution in [0.3, 0.4) is 0 Å². The summed E-state index contributed by atoms with van der Waals surface area (Å²) in [5, 5.41) is 12.0. The normalized spacial score (nSPS) is 13.5. The summed E-state index contributed by atoms with van der Waals surface area (Å²) in [7, 11) is 0. The molecule has 0 fully saturated rings. The summed E-state index contributed by atoms with van der Waals surface area (Å²) in [6.45, 7) is 5.80. The number of benzene rings is 1. The number of fused-ring (bicyclic) bond motifs is 1. The quantitative estimate of drug-likeness (QED) is 0.644. The molecule has 2 aromatic rings. The number of carbonyl (C=O) groups is 1. The predicted octanol–water partition coefficient (Wildman–Crippen LogP) is 2.81. The molecule has 1 aromatic carbocycles. The van der Waals surface area contributed by atoms with E-state index in [1.807, 2.05) is 11.0 Å². The zero-order valence-corrected chi connectivity index (χ0v) is 14.3. The fourth-order valence-corrected chi connectivity index (χ4v) is 4.08. The molecule has 120 valence electrons. The summed E-state index contributed by atoms with van der Waals surface area (Å²) in [5.74, 6) is 0.554. The van der Waals surface area contributed by atoms with Gasteiger partial charge in [0.1, 0.15) is 0 Å². The fourth-order valence-electron chi connectivity index (χ4n) is 2.42. The van der Waals surface area contributed by atoms with E-state index in [-0.39, 0.29) is 5.91 Å². The number of thioether (sulfide) groups is 1. The van der Waals surface area contributed by atoms with Crippen molar-refractivity contribution in [1.82, 2.24) is 15.1 Å². The molecule has 0 bridgehead atoms. The minimum Gasteiger partial charge on any atom is -0.357 e. The van der Waals surface area contributed by atoms with E-state index in [9.17, 15) is 4.79 Å². The summed E-state index contributed by atoms with van der Waals surface area (Å²) >= 11 is 2.91. The molecule has 0 saturated carbocycles. The van der Waals surface area contributed by atoms with Crippen LogP contribution < -0.4 is 5.32 Å². The standard InChI is InChI=1S/C16H18N4OS2/c1-2-8-17-15-18-19-16(23-15)22-11-14(21)20-9-7-12-5-3-4-6-13(12)10-20/h2-6H,1,7-11H2,(H,17,18). The van der Waals surface area contributed by atoms with Gasteiger partial charge in [0.2, 0.25) is 11.0 Å². The number of hydrogen-bond donors (Lipinski definition) is 1. The lowest BCUT2D eigenvalue weighted by Crippen LogP contribution is -2.37. The van der Waals surface area contributed by atoms with Crippen LogP contribution in [0.25, 0.3) is 0 Å². The van der Waals surface area contributed by atoms with Gasteiger partial charge in [-0.1, -0.05) is 53.4 Å². The summed E-state index contributed by atoms with van der Waals surface area (Å²) < 4.78 is 0.808. The van der Waals surface area contributed by atoms with Gasteiger partial charge in [0.25, 0.3) is 0 Å². The average molecular weight is 346 g/mol. The van der Waals surface area contributed by atoms with E-state index in [1.165, 1.54) is 34.2 Å². The number of anilines is 1. The molecule has 1 amide bonds. The van der Waals surface area contributed by atoms with Gasteiger partial charge in [-0.2, -0.15) is 0 Å². The molecule has 0 atom stereocenters. The van der Waals surface area contributed by atoms with Crippen LogP contribution in [-0.4, -0.2) is 39.8 Å². The zero-order valence-electron chi connectivity index (χ0n) is 12.7. The van der Waals surface area contributed by atoms with Crippen LogP contribution in [0.1, 0.15) is 11.1 Å². The molecule has 0 spiro atoms. The number of rotatable bonds is 6. The topological polar surface area (TPSA) is 58.1 Å². The Labute approximate surface area is 143 Å². The van der Waals surface area contributed by atoms with Crippen molar-refractivity contribution in [2.75, 3.05) is 24.2 Å². The first kappa shape index (κ1) is 16.0. The molecule has 0 aliphatic carbocycles. The molecule has 1 aromatic heterocycles. The predicted molar refractivity (Wildman–Crippen MR) is 94.9 cm³/mol. The molecule has 1 aliphatic heterocycles. The SMILES string of the molecule is C=CCNc1nnc(SCC(=O)N2CCc3ccccc3C2)s1. The van der Waals surface area contributed by atoms with E-state index >= 15 is 0 Å². The van der Waals surface area contributed by atoms with Gasteiger partial charge >= 0.3 is 0 Å². The highest BCUT2D eigenvalue weighted by Crippen LogP contribution is 2.26. The molecule has 2 heterocycles. The molecule has 3 rings (SSSR count). The highest BCUT2D eigenvalue weighted by Gasteiger charge is 2.20. The first-order chi connectivity index (χ1) is 11.3. The minimum atomic E-state index is 0.153. The van der Waals surface area contributed by atoms with Crippen LogP contribution >= 0.6 is 23.1 Å². The number of hydrogen-bond acceptors (Lipinski definition) is 6. The van der Waals surface area contributed by atoms with E-state index in [0.29, 0.717) is 18.8 Å². The van der Waals surface area contributed by atoms with Crippen molar-refractivity contribution in [3.63, 3.8) is 0 Å². The largest absolute Gasteiger partial charge is 0.357 e. The minimum absolute atomic E-state index is 0.153. The van der Waals surface area contributed by atoms with Crippen LogP contribution in [0.5, 0.6) is 0 Å². The first-order valence-electron chi connectivity index (χ1n) is 7.42. The Bertz CT molecular complexity index is 701. The van der Waals surface area contributed by atoms with Crippen molar-refractivity contribution in [3.8, 4) is 0 Å². The van der Waals surface area contributed by atoms with Crippen LogP contribution in [0.4, 0.5) is 5.13 Å². The summed E-state index contributed by atoms with van der Waals surface area (Å²) in [5.41, 5.74) is 2.61. The maximum Gasteiger partial charge on any atom is 0.233 e. The van der Waals surface area contributed by atoms with Gasteiger partial charge in [-0.25, -0.2) is 0 Å². The Morgan fingerprint density at radius 1 is 1.39 bits per heavy atom. The number of amides is 1. The molecule has 0 radical (unpaired) electrons. The molecular weight excluding hydrogens is 328 g/mol. The maximum atomic E-state index is 12.4. The van der Waals surface area contributed by atoms with Crippen molar-refractivity contribution < 1.29 is 4.79 Å². The van der Waals surface area contributed by atoms with Gasteiger partial charge in [-0.05, 0) is 17.5 Å². The number of nitrogens with zero attached hydrogens (tertiary/aromatic N) is 3. The van der Waals surface area contributed by atoms with E-state index in [0.717, 1.165) is 22.4 Å². The molecule has 0 unspecified atom stereocenters.